The molecule has 0 spiro atoms. The van der Waals surface area contributed by atoms with Crippen LogP contribution in [0.3, 0.4) is 0 Å². The highest BCUT2D eigenvalue weighted by Gasteiger charge is 2.25. The maximum Gasteiger partial charge on any atom is 0.0218 e. The van der Waals surface area contributed by atoms with Crippen LogP contribution in [0.2, 0.25) is 0 Å². The molecule has 1 saturated carbocycles. The van der Waals surface area contributed by atoms with Gasteiger partial charge >= 0.3 is 0 Å². The van der Waals surface area contributed by atoms with Gasteiger partial charge in [0, 0.05) is 32.2 Å². The van der Waals surface area contributed by atoms with E-state index in [4.69, 9.17) is 0 Å². The van der Waals surface area contributed by atoms with E-state index in [0.717, 1.165) is 17.9 Å². The Morgan fingerprint density at radius 3 is 2.71 bits per heavy atom. The molecule has 1 saturated heterocycles. The molecule has 2 fully saturated rings. The van der Waals surface area contributed by atoms with E-state index in [9.17, 15) is 0 Å². The molecule has 1 aliphatic heterocycles. The zero-order chi connectivity index (χ0) is 9.97. The van der Waals surface area contributed by atoms with Crippen LogP contribution in [-0.4, -0.2) is 37.1 Å². The highest BCUT2D eigenvalue weighted by molar-refractivity contribution is 4.83. The first-order chi connectivity index (χ1) is 6.75. The molecule has 2 heteroatoms. The summed E-state index contributed by atoms with van der Waals surface area (Å²) >= 11 is 0. The summed E-state index contributed by atoms with van der Waals surface area (Å²) in [6.45, 7) is 9.74. The highest BCUT2D eigenvalue weighted by Crippen LogP contribution is 2.27. The van der Waals surface area contributed by atoms with Crippen LogP contribution in [-0.2, 0) is 0 Å². The van der Waals surface area contributed by atoms with Crippen LogP contribution in [0, 0.1) is 11.8 Å². The fourth-order valence-corrected chi connectivity index (χ4v) is 2.49. The summed E-state index contributed by atoms with van der Waals surface area (Å²) in [4.78, 5) is 2.67. The lowest BCUT2D eigenvalue weighted by Crippen LogP contribution is -2.54. The van der Waals surface area contributed by atoms with Crippen LogP contribution < -0.4 is 5.32 Å². The monoisotopic (exact) mass is 196 g/mol. The normalized spacial score (nSPS) is 30.6. The van der Waals surface area contributed by atoms with E-state index in [0.29, 0.717) is 0 Å². The second-order valence-corrected chi connectivity index (χ2v) is 5.36. The van der Waals surface area contributed by atoms with Crippen LogP contribution in [0.15, 0.2) is 0 Å². The van der Waals surface area contributed by atoms with Crippen LogP contribution >= 0.6 is 0 Å². The average Bonchev–Trinajstić information content (AvgIpc) is 2.12. The number of hydrogen-bond donors (Lipinski definition) is 1. The first kappa shape index (κ1) is 10.4. The van der Waals surface area contributed by atoms with E-state index >= 15 is 0 Å². The second kappa shape index (κ2) is 4.63. The summed E-state index contributed by atoms with van der Waals surface area (Å²) in [5.41, 5.74) is 0. The molecule has 0 aromatic rings. The first-order valence-electron chi connectivity index (χ1n) is 6.21. The molecule has 0 bridgehead atoms. The van der Waals surface area contributed by atoms with Crippen molar-refractivity contribution in [1.29, 1.82) is 0 Å². The predicted octanol–water partition coefficient (Wildman–Crippen LogP) is 1.72. The molecule has 1 aliphatic carbocycles. The molecule has 14 heavy (non-hydrogen) atoms. The van der Waals surface area contributed by atoms with Gasteiger partial charge in [-0.15, -0.1) is 0 Å². The Morgan fingerprint density at radius 2 is 2.14 bits per heavy atom. The molecule has 0 radical (unpaired) electrons. The van der Waals surface area contributed by atoms with Crippen LogP contribution in [0.25, 0.3) is 0 Å². The van der Waals surface area contributed by atoms with Crippen molar-refractivity contribution in [2.45, 2.75) is 39.2 Å². The Labute approximate surface area is 88.1 Å². The van der Waals surface area contributed by atoms with Gasteiger partial charge < -0.3 is 10.2 Å². The Kier molecular flexibility index (Phi) is 3.45. The largest absolute Gasteiger partial charge is 0.311 e. The number of nitrogens with one attached hydrogen (secondary N) is 1. The second-order valence-electron chi connectivity index (χ2n) is 5.36. The topological polar surface area (TPSA) is 15.3 Å². The number of hydrogen-bond acceptors (Lipinski definition) is 2. The molecule has 1 atom stereocenters. The lowest BCUT2D eigenvalue weighted by Gasteiger charge is -2.39. The third kappa shape index (κ3) is 2.48. The summed E-state index contributed by atoms with van der Waals surface area (Å²) in [6, 6.07) is 0.726. The molecule has 82 valence electrons. The van der Waals surface area contributed by atoms with Gasteiger partial charge in [-0.3, -0.25) is 0 Å². The van der Waals surface area contributed by atoms with E-state index in [1.54, 1.807) is 0 Å². The molecule has 0 amide bonds. The minimum Gasteiger partial charge on any atom is -0.311 e. The van der Waals surface area contributed by atoms with Gasteiger partial charge in [-0.1, -0.05) is 20.3 Å². The smallest absolute Gasteiger partial charge is 0.0218 e. The molecular formula is C12H24N2. The van der Waals surface area contributed by atoms with Gasteiger partial charge in [0.25, 0.3) is 0 Å². The Morgan fingerprint density at radius 1 is 1.36 bits per heavy atom. The summed E-state index contributed by atoms with van der Waals surface area (Å²) < 4.78 is 0. The van der Waals surface area contributed by atoms with Crippen LogP contribution in [0.5, 0.6) is 0 Å². The lowest BCUT2D eigenvalue weighted by atomic mass is 9.85. The fourth-order valence-electron chi connectivity index (χ4n) is 2.49. The van der Waals surface area contributed by atoms with Crippen molar-refractivity contribution in [2.75, 3.05) is 26.2 Å². The third-order valence-electron chi connectivity index (χ3n) is 3.84. The standard InChI is InChI=1S/C12H24N2/c1-10(2)12-9-14(7-6-13-12)8-11-4-3-5-11/h10-13H,3-9H2,1-2H3. The van der Waals surface area contributed by atoms with E-state index in [1.165, 1.54) is 45.4 Å². The van der Waals surface area contributed by atoms with E-state index < -0.39 is 0 Å². The van der Waals surface area contributed by atoms with Gasteiger partial charge in [-0.2, -0.15) is 0 Å². The molecule has 1 N–H and O–H groups in total. The molecule has 2 rings (SSSR count). The molecule has 2 nitrogen and oxygen atoms in total. The maximum atomic E-state index is 3.62. The van der Waals surface area contributed by atoms with Gasteiger partial charge in [0.15, 0.2) is 0 Å². The summed E-state index contributed by atoms with van der Waals surface area (Å²) in [5.74, 6) is 1.81. The third-order valence-corrected chi connectivity index (χ3v) is 3.84. The zero-order valence-corrected chi connectivity index (χ0v) is 9.63. The summed E-state index contributed by atoms with van der Waals surface area (Å²) in [5, 5.41) is 3.62. The number of piperazine rings is 1. The van der Waals surface area contributed by atoms with Crippen molar-refractivity contribution in [1.82, 2.24) is 10.2 Å². The lowest BCUT2D eigenvalue weighted by molar-refractivity contribution is 0.127. The van der Waals surface area contributed by atoms with Crippen LogP contribution in [0.1, 0.15) is 33.1 Å². The Bertz CT molecular complexity index is 175. The van der Waals surface area contributed by atoms with Crippen molar-refractivity contribution < 1.29 is 0 Å². The SMILES string of the molecule is CC(C)C1CN(CC2CCC2)CCN1. The quantitative estimate of drug-likeness (QED) is 0.739. The highest BCUT2D eigenvalue weighted by atomic mass is 15.2. The van der Waals surface area contributed by atoms with Gasteiger partial charge in [-0.05, 0) is 24.7 Å². The molecule has 2 aliphatic rings. The molecule has 0 aromatic heterocycles. The maximum absolute atomic E-state index is 3.62. The van der Waals surface area contributed by atoms with Gasteiger partial charge in [0.2, 0.25) is 0 Å². The van der Waals surface area contributed by atoms with Crippen molar-refractivity contribution >= 4 is 0 Å². The summed E-state index contributed by atoms with van der Waals surface area (Å²) in [6.07, 6.45) is 4.44. The Balaban J connectivity index is 1.75. The van der Waals surface area contributed by atoms with Gasteiger partial charge in [0.05, 0.1) is 0 Å². The van der Waals surface area contributed by atoms with Crippen molar-refractivity contribution in [3.05, 3.63) is 0 Å². The van der Waals surface area contributed by atoms with E-state index in [-0.39, 0.29) is 0 Å². The predicted molar refractivity (Wildman–Crippen MR) is 60.4 cm³/mol. The molecule has 1 heterocycles. The fraction of sp³-hybridized carbons (Fsp3) is 1.00. The summed E-state index contributed by atoms with van der Waals surface area (Å²) in [7, 11) is 0. The van der Waals surface area contributed by atoms with Gasteiger partial charge in [-0.25, -0.2) is 0 Å². The van der Waals surface area contributed by atoms with Crippen molar-refractivity contribution in [3.8, 4) is 0 Å². The molecule has 1 unspecified atom stereocenters. The van der Waals surface area contributed by atoms with Crippen molar-refractivity contribution in [2.24, 2.45) is 11.8 Å². The number of rotatable bonds is 3. The zero-order valence-electron chi connectivity index (χ0n) is 9.63. The minimum absolute atomic E-state index is 0.726. The van der Waals surface area contributed by atoms with E-state index in [1.807, 2.05) is 0 Å². The average molecular weight is 196 g/mol. The van der Waals surface area contributed by atoms with Gasteiger partial charge in [0.1, 0.15) is 0 Å². The van der Waals surface area contributed by atoms with Crippen LogP contribution in [0.4, 0.5) is 0 Å². The Hall–Kier alpha value is -0.0800. The molecule has 0 aromatic carbocycles. The molecular weight excluding hydrogens is 172 g/mol. The first-order valence-corrected chi connectivity index (χ1v) is 6.21. The minimum atomic E-state index is 0.726. The van der Waals surface area contributed by atoms with Crippen molar-refractivity contribution in [3.63, 3.8) is 0 Å². The number of nitrogens with zero attached hydrogens (tertiary/aromatic N) is 1. The van der Waals surface area contributed by atoms with E-state index in [2.05, 4.69) is 24.1 Å².